The fraction of sp³-hybridized carbons (Fsp3) is 0.875. The number of aliphatic hydroxyl groups is 1. The van der Waals surface area contributed by atoms with E-state index in [2.05, 4.69) is 0 Å². The lowest BCUT2D eigenvalue weighted by Gasteiger charge is -2.12. The van der Waals surface area contributed by atoms with Crippen molar-refractivity contribution in [1.82, 2.24) is 0 Å². The average molecular weight is 127 g/mol. The van der Waals surface area contributed by atoms with Crippen molar-refractivity contribution in [2.24, 2.45) is 5.92 Å². The lowest BCUT2D eigenvalue weighted by Crippen LogP contribution is -2.06. The van der Waals surface area contributed by atoms with Crippen LogP contribution in [0, 0.1) is 12.0 Å². The Kier molecular flexibility index (Phi) is 2.52. The number of aliphatic hydroxyl groups excluding tert-OH is 1. The number of rotatable bonds is 2. The normalized spacial score (nSPS) is 21.7. The third-order valence-electron chi connectivity index (χ3n) is 2.19. The molecule has 1 heteroatoms. The van der Waals surface area contributed by atoms with Gasteiger partial charge < -0.3 is 5.11 Å². The number of hydrogen-bond acceptors (Lipinski definition) is 1. The molecule has 0 spiro atoms. The first-order valence-corrected chi connectivity index (χ1v) is 3.89. The predicted octanol–water partition coefficient (Wildman–Crippen LogP) is 2.49. The molecule has 0 aromatic carbocycles. The zero-order chi connectivity index (χ0) is 6.69. The zero-order valence-electron chi connectivity index (χ0n) is 6.06. The minimum absolute atomic E-state index is 0.551. The van der Waals surface area contributed by atoms with Gasteiger partial charge in [-0.05, 0) is 25.2 Å². The van der Waals surface area contributed by atoms with Crippen molar-refractivity contribution in [3.8, 4) is 0 Å². The molecule has 0 unspecified atom stereocenters. The highest BCUT2D eigenvalue weighted by Gasteiger charge is 2.21. The second-order valence-corrected chi connectivity index (χ2v) is 2.83. The van der Waals surface area contributed by atoms with Gasteiger partial charge in [-0.3, -0.25) is 0 Å². The van der Waals surface area contributed by atoms with E-state index in [0.717, 1.165) is 12.5 Å². The van der Waals surface area contributed by atoms with Crippen molar-refractivity contribution in [2.75, 3.05) is 0 Å². The Morgan fingerprint density at radius 3 is 2.44 bits per heavy atom. The van der Waals surface area contributed by atoms with E-state index in [9.17, 15) is 5.11 Å². The van der Waals surface area contributed by atoms with Gasteiger partial charge in [-0.15, -0.1) is 0 Å². The van der Waals surface area contributed by atoms with Crippen LogP contribution in [0.5, 0.6) is 0 Å². The number of hydrogen-bond donors (Lipinski definition) is 1. The molecule has 1 fully saturated rings. The molecular weight excluding hydrogens is 112 g/mol. The van der Waals surface area contributed by atoms with Crippen LogP contribution in [0.2, 0.25) is 0 Å². The largest absolute Gasteiger partial charge is 0.387 e. The monoisotopic (exact) mass is 127 g/mol. The molecule has 1 saturated carbocycles. The molecule has 1 aliphatic carbocycles. The van der Waals surface area contributed by atoms with Crippen LogP contribution in [0.25, 0.3) is 0 Å². The third kappa shape index (κ3) is 1.68. The van der Waals surface area contributed by atoms with Gasteiger partial charge in [-0.25, -0.2) is 0 Å². The Bertz CT molecular complexity index is 74.6. The lowest BCUT2D eigenvalue weighted by molar-refractivity contribution is 0.219. The highest BCUT2D eigenvalue weighted by molar-refractivity contribution is 4.86. The Morgan fingerprint density at radius 1 is 1.44 bits per heavy atom. The van der Waals surface area contributed by atoms with E-state index >= 15 is 0 Å². The summed E-state index contributed by atoms with van der Waals surface area (Å²) in [5.74, 6) is 0.551. The van der Waals surface area contributed by atoms with Crippen LogP contribution in [-0.2, 0) is 0 Å². The van der Waals surface area contributed by atoms with E-state index in [0.29, 0.717) is 5.92 Å². The molecule has 0 aromatic heterocycles. The topological polar surface area (TPSA) is 20.2 Å². The van der Waals surface area contributed by atoms with Crippen molar-refractivity contribution in [3.05, 3.63) is 6.10 Å². The maximum Gasteiger partial charge on any atom is 0.0961 e. The standard InChI is InChI=1S/C8H15O/c1-2-8(9)7-5-3-4-6-7/h7,9H,2-6H2,1H3. The van der Waals surface area contributed by atoms with E-state index in [1.54, 1.807) is 0 Å². The maximum atomic E-state index is 9.27. The summed E-state index contributed by atoms with van der Waals surface area (Å²) in [4.78, 5) is 0. The molecule has 0 amide bonds. The molecule has 9 heavy (non-hydrogen) atoms. The summed E-state index contributed by atoms with van der Waals surface area (Å²) >= 11 is 0. The lowest BCUT2D eigenvalue weighted by atomic mass is 9.99. The fourth-order valence-corrected chi connectivity index (χ4v) is 1.55. The second kappa shape index (κ2) is 3.21. The molecule has 1 rings (SSSR count). The van der Waals surface area contributed by atoms with Crippen molar-refractivity contribution < 1.29 is 5.11 Å². The van der Waals surface area contributed by atoms with Crippen LogP contribution >= 0.6 is 0 Å². The van der Waals surface area contributed by atoms with Crippen molar-refractivity contribution >= 4 is 0 Å². The molecular formula is C8H15O. The Balaban J connectivity index is 2.24. The summed E-state index contributed by atoms with van der Waals surface area (Å²) in [7, 11) is 0. The summed E-state index contributed by atoms with van der Waals surface area (Å²) in [6, 6.07) is 0. The first-order chi connectivity index (χ1) is 4.34. The summed E-state index contributed by atoms with van der Waals surface area (Å²) in [5.41, 5.74) is 0. The van der Waals surface area contributed by atoms with Gasteiger partial charge in [-0.2, -0.15) is 0 Å². The van der Waals surface area contributed by atoms with Gasteiger partial charge in [0.15, 0.2) is 0 Å². The average Bonchev–Trinajstić information content (AvgIpc) is 2.37. The minimum atomic E-state index is 0.551. The van der Waals surface area contributed by atoms with E-state index in [4.69, 9.17) is 0 Å². The molecule has 1 N–H and O–H groups in total. The van der Waals surface area contributed by atoms with Gasteiger partial charge >= 0.3 is 0 Å². The predicted molar refractivity (Wildman–Crippen MR) is 37.4 cm³/mol. The summed E-state index contributed by atoms with van der Waals surface area (Å²) < 4.78 is 0. The van der Waals surface area contributed by atoms with Crippen LogP contribution in [-0.4, -0.2) is 5.11 Å². The van der Waals surface area contributed by atoms with Gasteiger partial charge in [0.25, 0.3) is 0 Å². The van der Waals surface area contributed by atoms with Gasteiger partial charge in [-0.1, -0.05) is 19.8 Å². The summed E-state index contributed by atoms with van der Waals surface area (Å²) in [6.45, 7) is 2.02. The maximum absolute atomic E-state index is 9.27. The van der Waals surface area contributed by atoms with Crippen molar-refractivity contribution in [3.63, 3.8) is 0 Å². The smallest absolute Gasteiger partial charge is 0.0961 e. The molecule has 1 nitrogen and oxygen atoms in total. The summed E-state index contributed by atoms with van der Waals surface area (Å²) in [5, 5.41) is 9.27. The Hall–Kier alpha value is -0.0400. The Labute approximate surface area is 57.1 Å². The van der Waals surface area contributed by atoms with Gasteiger partial charge in [0.05, 0.1) is 6.10 Å². The molecule has 53 valence electrons. The van der Waals surface area contributed by atoms with Crippen LogP contribution in [0.15, 0.2) is 0 Å². The fourth-order valence-electron chi connectivity index (χ4n) is 1.55. The SMILES string of the molecule is CC[C](O)C1CCCC1. The van der Waals surface area contributed by atoms with Gasteiger partial charge in [0, 0.05) is 0 Å². The highest BCUT2D eigenvalue weighted by Crippen LogP contribution is 2.32. The molecule has 0 bridgehead atoms. The van der Waals surface area contributed by atoms with Crippen LogP contribution in [0.1, 0.15) is 39.0 Å². The molecule has 0 atom stereocenters. The Morgan fingerprint density at radius 2 is 2.00 bits per heavy atom. The van der Waals surface area contributed by atoms with E-state index < -0.39 is 0 Å². The molecule has 1 radical (unpaired) electrons. The van der Waals surface area contributed by atoms with E-state index in [-0.39, 0.29) is 0 Å². The van der Waals surface area contributed by atoms with E-state index in [1.807, 2.05) is 6.92 Å². The third-order valence-corrected chi connectivity index (χ3v) is 2.19. The van der Waals surface area contributed by atoms with Gasteiger partial charge in [0.1, 0.15) is 0 Å². The van der Waals surface area contributed by atoms with Crippen LogP contribution in [0.3, 0.4) is 0 Å². The van der Waals surface area contributed by atoms with E-state index in [1.165, 1.54) is 25.7 Å². The molecule has 0 aromatic rings. The first kappa shape index (κ1) is 7.07. The van der Waals surface area contributed by atoms with Crippen LogP contribution < -0.4 is 0 Å². The molecule has 0 saturated heterocycles. The van der Waals surface area contributed by atoms with Gasteiger partial charge in [0.2, 0.25) is 0 Å². The highest BCUT2D eigenvalue weighted by atomic mass is 16.3. The molecule has 1 aliphatic rings. The molecule has 0 aliphatic heterocycles. The minimum Gasteiger partial charge on any atom is -0.387 e. The quantitative estimate of drug-likeness (QED) is 0.604. The summed E-state index contributed by atoms with van der Waals surface area (Å²) in [6.07, 6.45) is 6.65. The zero-order valence-corrected chi connectivity index (χ0v) is 6.06. The molecule has 0 heterocycles. The van der Waals surface area contributed by atoms with Crippen LogP contribution in [0.4, 0.5) is 0 Å². The van der Waals surface area contributed by atoms with Crippen molar-refractivity contribution in [2.45, 2.75) is 39.0 Å². The first-order valence-electron chi connectivity index (χ1n) is 3.89. The van der Waals surface area contributed by atoms with Crippen molar-refractivity contribution in [1.29, 1.82) is 0 Å². The second-order valence-electron chi connectivity index (χ2n) is 2.83.